The average molecular weight is 291 g/mol. The van der Waals surface area contributed by atoms with Crippen molar-refractivity contribution in [3.05, 3.63) is 53.6 Å². The van der Waals surface area contributed by atoms with Gasteiger partial charge in [0.25, 0.3) is 0 Å². The largest absolute Gasteiger partial charge is 0.454 e. The summed E-state index contributed by atoms with van der Waals surface area (Å²) in [5.74, 6) is -1.06. The molecule has 108 valence electrons. The lowest BCUT2D eigenvalue weighted by molar-refractivity contribution is -0.115. The van der Waals surface area contributed by atoms with Crippen LogP contribution in [0.25, 0.3) is 0 Å². The Morgan fingerprint density at radius 2 is 1.86 bits per heavy atom. The van der Waals surface area contributed by atoms with E-state index < -0.39 is 11.6 Å². The summed E-state index contributed by atoms with van der Waals surface area (Å²) in [6.07, 6.45) is 0.0929. The maximum atomic E-state index is 13.0. The van der Waals surface area contributed by atoms with Crippen molar-refractivity contribution in [2.24, 2.45) is 0 Å². The molecule has 0 aliphatic carbocycles. The quantitative estimate of drug-likeness (QED) is 0.946. The smallest absolute Gasteiger partial charge is 0.231 e. The summed E-state index contributed by atoms with van der Waals surface area (Å²) in [6.45, 7) is 0.167. The van der Waals surface area contributed by atoms with Crippen LogP contribution in [-0.2, 0) is 11.2 Å². The molecule has 0 bridgehead atoms. The lowest BCUT2D eigenvalue weighted by Crippen LogP contribution is -2.14. The monoisotopic (exact) mass is 291 g/mol. The number of hydrogen-bond acceptors (Lipinski definition) is 3. The Bertz CT molecular complexity index is 703. The minimum absolute atomic E-state index is 0.0929. The van der Waals surface area contributed by atoms with Crippen LogP contribution in [0.5, 0.6) is 11.5 Å². The Morgan fingerprint density at radius 3 is 2.67 bits per heavy atom. The SMILES string of the molecule is O=C(Cc1ccc2c(c1)OCO2)Nc1ccc(F)c(F)c1. The molecule has 1 amide bonds. The summed E-state index contributed by atoms with van der Waals surface area (Å²) < 4.78 is 36.2. The molecule has 0 saturated carbocycles. The first kappa shape index (κ1) is 13.4. The van der Waals surface area contributed by atoms with Crippen molar-refractivity contribution < 1.29 is 23.0 Å². The van der Waals surface area contributed by atoms with Crippen molar-refractivity contribution in [2.45, 2.75) is 6.42 Å². The van der Waals surface area contributed by atoms with Crippen LogP contribution in [0, 0.1) is 11.6 Å². The first-order chi connectivity index (χ1) is 10.1. The molecule has 0 fully saturated rings. The fraction of sp³-hybridized carbons (Fsp3) is 0.133. The van der Waals surface area contributed by atoms with Crippen molar-refractivity contribution in [3.8, 4) is 11.5 Å². The van der Waals surface area contributed by atoms with E-state index in [0.29, 0.717) is 11.5 Å². The van der Waals surface area contributed by atoms with Crippen LogP contribution in [0.2, 0.25) is 0 Å². The molecule has 1 aliphatic heterocycles. The Balaban J connectivity index is 1.67. The van der Waals surface area contributed by atoms with Gasteiger partial charge in [0.05, 0.1) is 6.42 Å². The van der Waals surface area contributed by atoms with Crippen molar-refractivity contribution in [1.29, 1.82) is 0 Å². The fourth-order valence-electron chi connectivity index (χ4n) is 2.02. The van der Waals surface area contributed by atoms with Crippen molar-refractivity contribution in [1.82, 2.24) is 0 Å². The number of halogens is 2. The molecule has 4 nitrogen and oxygen atoms in total. The highest BCUT2D eigenvalue weighted by Gasteiger charge is 2.14. The third-order valence-electron chi connectivity index (χ3n) is 3.01. The van der Waals surface area contributed by atoms with Crippen LogP contribution in [0.15, 0.2) is 36.4 Å². The van der Waals surface area contributed by atoms with E-state index in [1.807, 2.05) is 0 Å². The molecular formula is C15H11F2NO3. The van der Waals surface area contributed by atoms with Gasteiger partial charge in [0.1, 0.15) is 0 Å². The van der Waals surface area contributed by atoms with Gasteiger partial charge in [-0.2, -0.15) is 0 Å². The Kier molecular flexibility index (Phi) is 3.43. The molecule has 2 aromatic carbocycles. The molecule has 3 rings (SSSR count). The molecule has 0 spiro atoms. The first-order valence-corrected chi connectivity index (χ1v) is 6.25. The second kappa shape index (κ2) is 5.40. The predicted octanol–water partition coefficient (Wildman–Crippen LogP) is 2.87. The third kappa shape index (κ3) is 2.94. The van der Waals surface area contributed by atoms with Crippen LogP contribution in [0.3, 0.4) is 0 Å². The molecule has 2 aromatic rings. The van der Waals surface area contributed by atoms with E-state index in [-0.39, 0.29) is 24.8 Å². The van der Waals surface area contributed by atoms with Crippen molar-refractivity contribution >= 4 is 11.6 Å². The molecule has 1 aliphatic rings. The number of carbonyl (C=O) groups is 1. The minimum Gasteiger partial charge on any atom is -0.454 e. The maximum absolute atomic E-state index is 13.0. The van der Waals surface area contributed by atoms with Gasteiger partial charge in [-0.3, -0.25) is 4.79 Å². The van der Waals surface area contributed by atoms with Gasteiger partial charge in [-0.25, -0.2) is 8.78 Å². The molecule has 0 atom stereocenters. The van der Waals surface area contributed by atoms with Gasteiger partial charge in [-0.15, -0.1) is 0 Å². The topological polar surface area (TPSA) is 47.6 Å². The summed E-state index contributed by atoms with van der Waals surface area (Å²) in [6, 6.07) is 8.39. The van der Waals surface area contributed by atoms with Gasteiger partial charge in [0.15, 0.2) is 23.1 Å². The van der Waals surface area contributed by atoms with Gasteiger partial charge in [-0.1, -0.05) is 6.07 Å². The third-order valence-corrected chi connectivity index (χ3v) is 3.01. The molecule has 0 radical (unpaired) electrons. The normalized spacial score (nSPS) is 12.3. The number of hydrogen-bond donors (Lipinski definition) is 1. The van der Waals surface area contributed by atoms with Crippen LogP contribution in [-0.4, -0.2) is 12.7 Å². The second-order valence-corrected chi connectivity index (χ2v) is 4.54. The summed E-state index contributed by atoms with van der Waals surface area (Å²) in [5, 5.41) is 2.51. The average Bonchev–Trinajstić information content (AvgIpc) is 2.90. The Hall–Kier alpha value is -2.63. The Labute approximate surface area is 119 Å². The minimum atomic E-state index is -1.00. The number of nitrogens with one attached hydrogen (secondary N) is 1. The lowest BCUT2D eigenvalue weighted by Gasteiger charge is -2.06. The maximum Gasteiger partial charge on any atom is 0.231 e. The molecule has 21 heavy (non-hydrogen) atoms. The van der Waals surface area contributed by atoms with Gasteiger partial charge in [0.2, 0.25) is 12.7 Å². The summed E-state index contributed by atoms with van der Waals surface area (Å²) in [5.41, 5.74) is 0.943. The number of carbonyl (C=O) groups excluding carboxylic acids is 1. The van der Waals surface area contributed by atoms with Gasteiger partial charge in [0, 0.05) is 11.8 Å². The zero-order valence-electron chi connectivity index (χ0n) is 10.9. The van der Waals surface area contributed by atoms with E-state index in [4.69, 9.17) is 9.47 Å². The number of fused-ring (bicyclic) bond motifs is 1. The predicted molar refractivity (Wildman–Crippen MR) is 71.3 cm³/mol. The summed E-state index contributed by atoms with van der Waals surface area (Å²) >= 11 is 0. The zero-order chi connectivity index (χ0) is 14.8. The first-order valence-electron chi connectivity index (χ1n) is 6.25. The molecule has 1 N–H and O–H groups in total. The van der Waals surface area contributed by atoms with Crippen LogP contribution < -0.4 is 14.8 Å². The van der Waals surface area contributed by atoms with E-state index in [0.717, 1.165) is 17.7 Å². The lowest BCUT2D eigenvalue weighted by atomic mass is 10.1. The number of ether oxygens (including phenoxy) is 2. The number of benzene rings is 2. The molecule has 6 heteroatoms. The van der Waals surface area contributed by atoms with Crippen LogP contribution in [0.1, 0.15) is 5.56 Å². The van der Waals surface area contributed by atoms with E-state index in [9.17, 15) is 13.6 Å². The fourth-order valence-corrected chi connectivity index (χ4v) is 2.02. The molecule has 0 saturated heterocycles. The molecular weight excluding hydrogens is 280 g/mol. The van der Waals surface area contributed by atoms with Gasteiger partial charge >= 0.3 is 0 Å². The van der Waals surface area contributed by atoms with Crippen LogP contribution >= 0.6 is 0 Å². The number of amides is 1. The second-order valence-electron chi connectivity index (χ2n) is 4.54. The molecule has 0 unspecified atom stereocenters. The zero-order valence-corrected chi connectivity index (χ0v) is 10.9. The molecule has 1 heterocycles. The molecule has 0 aromatic heterocycles. The Morgan fingerprint density at radius 1 is 1.05 bits per heavy atom. The van der Waals surface area contributed by atoms with Crippen LogP contribution in [0.4, 0.5) is 14.5 Å². The van der Waals surface area contributed by atoms with Crippen molar-refractivity contribution in [3.63, 3.8) is 0 Å². The highest BCUT2D eigenvalue weighted by Crippen LogP contribution is 2.32. The number of rotatable bonds is 3. The van der Waals surface area contributed by atoms with E-state index in [2.05, 4.69) is 5.32 Å². The highest BCUT2D eigenvalue weighted by molar-refractivity contribution is 5.92. The van der Waals surface area contributed by atoms with Crippen molar-refractivity contribution in [2.75, 3.05) is 12.1 Å². The van der Waals surface area contributed by atoms with E-state index in [1.165, 1.54) is 6.07 Å². The van der Waals surface area contributed by atoms with Gasteiger partial charge < -0.3 is 14.8 Å². The van der Waals surface area contributed by atoms with E-state index in [1.54, 1.807) is 18.2 Å². The highest BCUT2D eigenvalue weighted by atomic mass is 19.2. The van der Waals surface area contributed by atoms with Gasteiger partial charge in [-0.05, 0) is 29.8 Å². The number of anilines is 1. The summed E-state index contributed by atoms with van der Waals surface area (Å²) in [7, 11) is 0. The summed E-state index contributed by atoms with van der Waals surface area (Å²) in [4.78, 5) is 11.9. The standard InChI is InChI=1S/C15H11F2NO3/c16-11-3-2-10(7-12(11)17)18-15(19)6-9-1-4-13-14(5-9)21-8-20-13/h1-5,7H,6,8H2,(H,18,19). The van der Waals surface area contributed by atoms with E-state index >= 15 is 0 Å².